The molecule has 0 fully saturated rings. The second-order valence-corrected chi connectivity index (χ2v) is 11.0. The summed E-state index contributed by atoms with van der Waals surface area (Å²) in [6.45, 7) is 1.88. The van der Waals surface area contributed by atoms with Crippen LogP contribution in [0.15, 0.2) is 42.5 Å². The lowest BCUT2D eigenvalue weighted by molar-refractivity contribution is 0.100. The molecule has 0 bridgehead atoms. The van der Waals surface area contributed by atoms with Crippen LogP contribution < -0.4 is 11.1 Å². The van der Waals surface area contributed by atoms with Crippen LogP contribution in [0.4, 0.5) is 14.5 Å². The molecule has 7 nitrogen and oxygen atoms in total. The van der Waals surface area contributed by atoms with Gasteiger partial charge in [-0.1, -0.05) is 29.3 Å². The Morgan fingerprint density at radius 3 is 2.51 bits per heavy atom. The van der Waals surface area contributed by atoms with Gasteiger partial charge in [0.1, 0.15) is 21.1 Å². The number of nitrogens with one attached hydrogen (secondary N) is 2. The van der Waals surface area contributed by atoms with Crippen molar-refractivity contribution in [3.8, 4) is 21.7 Å². The molecule has 4 heterocycles. The van der Waals surface area contributed by atoms with Crippen molar-refractivity contribution in [1.82, 2.24) is 15.2 Å². The average molecular weight is 578 g/mol. The monoisotopic (exact) mass is 577 g/mol. The highest BCUT2D eigenvalue weighted by atomic mass is 35.5. The molecule has 0 aliphatic heterocycles. The average Bonchev–Trinajstić information content (AvgIpc) is 3.59. The lowest BCUT2D eigenvalue weighted by atomic mass is 10.1. The minimum absolute atomic E-state index is 0.0129. The molecular weight excluding hydrogens is 563 g/mol. The Morgan fingerprint density at radius 1 is 1.08 bits per heavy atom. The number of carbonyl (C=O) groups is 2. The quantitative estimate of drug-likeness (QED) is 0.196. The molecule has 2 amide bonds. The maximum absolute atomic E-state index is 13.6. The van der Waals surface area contributed by atoms with E-state index in [1.807, 2.05) is 13.0 Å². The van der Waals surface area contributed by atoms with Crippen LogP contribution in [-0.2, 0) is 0 Å². The van der Waals surface area contributed by atoms with Crippen molar-refractivity contribution in [2.24, 2.45) is 5.73 Å². The fourth-order valence-electron chi connectivity index (χ4n) is 3.72. The zero-order chi connectivity index (χ0) is 26.4. The third-order valence-corrected chi connectivity index (χ3v) is 8.28. The normalized spacial score (nSPS) is 11.4. The Balaban J connectivity index is 1.60. The molecule has 0 aliphatic carbocycles. The topological polar surface area (TPSA) is 114 Å². The molecular formula is C24H15Cl2F2N5O2S2. The first-order valence-electron chi connectivity index (χ1n) is 10.6. The Morgan fingerprint density at radius 2 is 1.86 bits per heavy atom. The molecule has 13 heteroatoms. The van der Waals surface area contributed by atoms with Crippen LogP contribution in [0, 0.1) is 6.92 Å². The van der Waals surface area contributed by atoms with Gasteiger partial charge in [-0.25, -0.2) is 13.8 Å². The van der Waals surface area contributed by atoms with Crippen LogP contribution in [0.25, 0.3) is 31.9 Å². The van der Waals surface area contributed by atoms with Crippen molar-refractivity contribution in [1.29, 1.82) is 0 Å². The van der Waals surface area contributed by atoms with Gasteiger partial charge in [0.15, 0.2) is 0 Å². The number of nitrogens with zero attached hydrogens (tertiary/aromatic N) is 2. The number of hydrogen-bond acceptors (Lipinski definition) is 6. The van der Waals surface area contributed by atoms with Gasteiger partial charge < -0.3 is 11.1 Å². The van der Waals surface area contributed by atoms with Crippen LogP contribution in [0.5, 0.6) is 0 Å². The van der Waals surface area contributed by atoms with Gasteiger partial charge in [-0.2, -0.15) is 5.10 Å². The molecule has 5 aromatic rings. The number of rotatable bonds is 6. The molecule has 0 atom stereocenters. The number of hydrogen-bond donors (Lipinski definition) is 3. The highest BCUT2D eigenvalue weighted by Crippen LogP contribution is 2.44. The molecule has 0 saturated carbocycles. The minimum Gasteiger partial charge on any atom is -0.365 e. The van der Waals surface area contributed by atoms with Gasteiger partial charge in [-0.3, -0.25) is 14.7 Å². The molecule has 0 unspecified atom stereocenters. The van der Waals surface area contributed by atoms with Crippen molar-refractivity contribution in [3.63, 3.8) is 0 Å². The molecule has 37 heavy (non-hydrogen) atoms. The van der Waals surface area contributed by atoms with Crippen LogP contribution in [0.1, 0.15) is 37.2 Å². The standard InChI is InChI=1S/C24H15Cl2F2N5O2S2/c1-9-2-5-17(36-9)11-7-15(21(27)28)30-24-18(11)19(20(37-24)22(29)34)31-23(35)16-8-14(32-33-16)10-3-4-12(25)13(26)6-10/h2-8,21H,1H3,(H2,29,34)(H,31,35)(H,32,33). The largest absolute Gasteiger partial charge is 0.365 e. The number of primary amides is 1. The van der Waals surface area contributed by atoms with E-state index >= 15 is 0 Å². The minimum atomic E-state index is -2.83. The van der Waals surface area contributed by atoms with E-state index in [1.54, 1.807) is 24.3 Å². The van der Waals surface area contributed by atoms with Gasteiger partial charge in [-0.15, -0.1) is 22.7 Å². The second-order valence-electron chi connectivity index (χ2n) is 7.91. The number of halogens is 4. The number of benzene rings is 1. The summed E-state index contributed by atoms with van der Waals surface area (Å²) in [5.41, 5.74) is 6.81. The number of pyridine rings is 1. The Bertz CT molecular complexity index is 1700. The fourth-order valence-corrected chi connectivity index (χ4v) is 5.92. The van der Waals surface area contributed by atoms with Crippen molar-refractivity contribution in [2.45, 2.75) is 13.3 Å². The summed E-state index contributed by atoms with van der Waals surface area (Å²) >= 11 is 14.3. The highest BCUT2D eigenvalue weighted by molar-refractivity contribution is 7.21. The fraction of sp³-hybridized carbons (Fsp3) is 0.0833. The van der Waals surface area contributed by atoms with Crippen LogP contribution in [-0.4, -0.2) is 27.0 Å². The number of thiophene rings is 2. The van der Waals surface area contributed by atoms with E-state index in [2.05, 4.69) is 20.5 Å². The summed E-state index contributed by atoms with van der Waals surface area (Å²) in [5.74, 6) is -1.45. The summed E-state index contributed by atoms with van der Waals surface area (Å²) in [7, 11) is 0. The third kappa shape index (κ3) is 4.82. The zero-order valence-corrected chi connectivity index (χ0v) is 21.9. The molecule has 188 valence electrons. The van der Waals surface area contributed by atoms with Gasteiger partial charge in [0.2, 0.25) is 0 Å². The van der Waals surface area contributed by atoms with Crippen molar-refractivity contribution in [2.75, 3.05) is 5.32 Å². The maximum atomic E-state index is 13.6. The number of fused-ring (bicyclic) bond motifs is 1. The van der Waals surface area contributed by atoms with E-state index in [4.69, 9.17) is 28.9 Å². The van der Waals surface area contributed by atoms with Gasteiger partial charge in [0, 0.05) is 26.3 Å². The number of H-pyrrole nitrogens is 1. The predicted octanol–water partition coefficient (Wildman–Crippen LogP) is 7.32. The molecule has 0 spiro atoms. The van der Waals surface area contributed by atoms with E-state index in [0.29, 0.717) is 37.1 Å². The highest BCUT2D eigenvalue weighted by Gasteiger charge is 2.26. The zero-order valence-electron chi connectivity index (χ0n) is 18.7. The summed E-state index contributed by atoms with van der Waals surface area (Å²) < 4.78 is 27.3. The van der Waals surface area contributed by atoms with E-state index in [-0.39, 0.29) is 21.1 Å². The third-order valence-electron chi connectivity index (χ3n) is 5.41. The molecule has 0 radical (unpaired) electrons. The first kappa shape index (κ1) is 25.3. The Hall–Kier alpha value is -3.38. The van der Waals surface area contributed by atoms with E-state index in [1.165, 1.54) is 23.5 Å². The lowest BCUT2D eigenvalue weighted by Gasteiger charge is -2.09. The molecule has 4 aromatic heterocycles. The number of carbonyl (C=O) groups excluding carboxylic acids is 2. The number of aryl methyl sites for hydroxylation is 1. The number of nitrogens with two attached hydrogens (primary N) is 1. The van der Waals surface area contributed by atoms with Crippen molar-refractivity contribution >= 4 is 73.6 Å². The van der Waals surface area contributed by atoms with Gasteiger partial charge in [0.05, 0.1) is 21.4 Å². The van der Waals surface area contributed by atoms with E-state index in [0.717, 1.165) is 16.2 Å². The number of amides is 2. The number of anilines is 1. The summed E-state index contributed by atoms with van der Waals surface area (Å²) in [5, 5.41) is 10.6. The van der Waals surface area contributed by atoms with Crippen molar-refractivity contribution in [3.05, 3.63) is 73.7 Å². The number of alkyl halides is 2. The van der Waals surface area contributed by atoms with Crippen LogP contribution >= 0.6 is 45.9 Å². The predicted molar refractivity (Wildman–Crippen MR) is 143 cm³/mol. The molecule has 0 saturated heterocycles. The SMILES string of the molecule is Cc1ccc(-c2cc(C(F)F)nc3sc(C(N)=O)c(NC(=O)c4cc(-c5ccc(Cl)c(Cl)c5)n[nH]4)c23)s1. The summed E-state index contributed by atoms with van der Waals surface area (Å²) in [4.78, 5) is 31.3. The van der Waals surface area contributed by atoms with E-state index in [9.17, 15) is 18.4 Å². The number of aromatic amines is 1. The summed E-state index contributed by atoms with van der Waals surface area (Å²) in [6, 6.07) is 11.3. The van der Waals surface area contributed by atoms with Gasteiger partial charge in [0.25, 0.3) is 18.2 Å². The lowest BCUT2D eigenvalue weighted by Crippen LogP contribution is -2.17. The Labute approximate surface area is 226 Å². The summed E-state index contributed by atoms with van der Waals surface area (Å²) in [6.07, 6.45) is -2.83. The second kappa shape index (κ2) is 9.82. The van der Waals surface area contributed by atoms with E-state index < -0.39 is 23.9 Å². The van der Waals surface area contributed by atoms with Gasteiger partial charge >= 0.3 is 0 Å². The van der Waals surface area contributed by atoms with Crippen LogP contribution in [0.3, 0.4) is 0 Å². The maximum Gasteiger partial charge on any atom is 0.280 e. The van der Waals surface area contributed by atoms with Crippen LogP contribution in [0.2, 0.25) is 10.0 Å². The molecule has 0 aliphatic rings. The molecule has 4 N–H and O–H groups in total. The van der Waals surface area contributed by atoms with Gasteiger partial charge in [-0.05, 0) is 43.3 Å². The Kier molecular flexibility index (Phi) is 6.71. The molecule has 1 aromatic carbocycles. The van der Waals surface area contributed by atoms with Crippen molar-refractivity contribution < 1.29 is 18.4 Å². The smallest absolute Gasteiger partial charge is 0.280 e. The number of aromatic nitrogens is 3. The molecule has 5 rings (SSSR count). The first-order valence-corrected chi connectivity index (χ1v) is 13.0. The first-order chi connectivity index (χ1) is 17.6.